The number of aromatic carboxylic acids is 1. The number of carbonyl (C=O) groups is 2. The second-order valence-corrected chi connectivity index (χ2v) is 2.92. The van der Waals surface area contributed by atoms with Crippen LogP contribution in [-0.4, -0.2) is 32.0 Å². The summed E-state index contributed by atoms with van der Waals surface area (Å²) in [6.07, 6.45) is 4.20. The van der Waals surface area contributed by atoms with Crippen LogP contribution in [0.4, 0.5) is 0 Å². The predicted octanol–water partition coefficient (Wildman–Crippen LogP) is 0.667. The first kappa shape index (κ1) is 9.20. The maximum atomic E-state index is 11.7. The van der Waals surface area contributed by atoms with Crippen molar-refractivity contribution in [2.24, 2.45) is 0 Å². The Morgan fingerprint density at radius 3 is 2.60 bits per heavy atom. The predicted molar refractivity (Wildman–Crippen MR) is 49.8 cm³/mol. The number of hydrogen-bond donors (Lipinski definition) is 3. The molecule has 76 valence electrons. The van der Waals surface area contributed by atoms with Gasteiger partial charge in [0.05, 0.1) is 11.8 Å². The Labute approximate surface area is 83.9 Å². The fourth-order valence-electron chi connectivity index (χ4n) is 1.19. The van der Waals surface area contributed by atoms with E-state index < -0.39 is 5.97 Å². The van der Waals surface area contributed by atoms with E-state index in [-0.39, 0.29) is 11.5 Å². The highest BCUT2D eigenvalue weighted by molar-refractivity contribution is 6.09. The number of ketones is 1. The molecule has 0 bridgehead atoms. The van der Waals surface area contributed by atoms with Crippen molar-refractivity contribution in [1.29, 1.82) is 0 Å². The van der Waals surface area contributed by atoms with E-state index in [1.165, 1.54) is 24.7 Å². The molecule has 2 heterocycles. The van der Waals surface area contributed by atoms with Crippen LogP contribution in [0.15, 0.2) is 24.7 Å². The lowest BCUT2D eigenvalue weighted by Gasteiger charge is -1.90. The molecule has 0 unspecified atom stereocenters. The third-order valence-electron chi connectivity index (χ3n) is 1.94. The molecular formula is C9H7N3O3. The molecule has 0 aliphatic rings. The number of nitrogens with one attached hydrogen (secondary N) is 2. The summed E-state index contributed by atoms with van der Waals surface area (Å²) >= 11 is 0. The Bertz CT molecular complexity index is 498. The molecule has 0 atom stereocenters. The minimum Gasteiger partial charge on any atom is -0.477 e. The molecule has 0 spiro atoms. The van der Waals surface area contributed by atoms with Crippen molar-refractivity contribution in [1.82, 2.24) is 15.2 Å². The second kappa shape index (κ2) is 3.41. The molecule has 0 aliphatic carbocycles. The van der Waals surface area contributed by atoms with Crippen LogP contribution in [0.2, 0.25) is 0 Å². The number of nitrogens with zero attached hydrogens (tertiary/aromatic N) is 1. The molecule has 0 saturated carbocycles. The van der Waals surface area contributed by atoms with Crippen molar-refractivity contribution in [2.45, 2.75) is 0 Å². The van der Waals surface area contributed by atoms with Crippen molar-refractivity contribution < 1.29 is 14.7 Å². The summed E-state index contributed by atoms with van der Waals surface area (Å²) in [5.41, 5.74) is 0.682. The van der Waals surface area contributed by atoms with E-state index in [4.69, 9.17) is 5.11 Å². The normalized spacial score (nSPS) is 10.1. The maximum absolute atomic E-state index is 11.7. The molecule has 6 heteroatoms. The van der Waals surface area contributed by atoms with Gasteiger partial charge in [-0.15, -0.1) is 0 Å². The zero-order valence-electron chi connectivity index (χ0n) is 7.52. The summed E-state index contributed by atoms with van der Waals surface area (Å²) in [4.78, 5) is 24.7. The standard InChI is InChI=1S/C9H7N3O3/c13-8(6-3-11-12-4-6)5-1-7(9(14)15)10-2-5/h1-4,10H,(H,11,12)(H,14,15). The maximum Gasteiger partial charge on any atom is 0.352 e. The lowest BCUT2D eigenvalue weighted by molar-refractivity contribution is 0.0691. The summed E-state index contributed by atoms with van der Waals surface area (Å²) in [6, 6.07) is 1.29. The summed E-state index contributed by atoms with van der Waals surface area (Å²) in [5, 5.41) is 14.8. The summed E-state index contributed by atoms with van der Waals surface area (Å²) in [6.45, 7) is 0. The number of carbonyl (C=O) groups excluding carboxylic acids is 1. The zero-order chi connectivity index (χ0) is 10.8. The summed E-state index contributed by atoms with van der Waals surface area (Å²) in [5.74, 6) is -1.37. The van der Waals surface area contributed by atoms with E-state index in [1.54, 1.807) is 0 Å². The van der Waals surface area contributed by atoms with Crippen LogP contribution in [0.3, 0.4) is 0 Å². The molecule has 2 aromatic heterocycles. The second-order valence-electron chi connectivity index (χ2n) is 2.92. The van der Waals surface area contributed by atoms with Gasteiger partial charge < -0.3 is 10.1 Å². The van der Waals surface area contributed by atoms with Crippen LogP contribution >= 0.6 is 0 Å². The largest absolute Gasteiger partial charge is 0.477 e. The Balaban J connectivity index is 2.31. The third kappa shape index (κ3) is 1.64. The van der Waals surface area contributed by atoms with Crippen LogP contribution in [0.25, 0.3) is 0 Å². The lowest BCUT2D eigenvalue weighted by Crippen LogP contribution is -1.98. The van der Waals surface area contributed by atoms with Crippen LogP contribution in [0.5, 0.6) is 0 Å². The van der Waals surface area contributed by atoms with Gasteiger partial charge in [0.1, 0.15) is 5.69 Å². The third-order valence-corrected chi connectivity index (χ3v) is 1.94. The molecule has 15 heavy (non-hydrogen) atoms. The highest BCUT2D eigenvalue weighted by atomic mass is 16.4. The minimum atomic E-state index is -1.10. The van der Waals surface area contributed by atoms with Crippen molar-refractivity contribution in [3.05, 3.63) is 41.5 Å². The van der Waals surface area contributed by atoms with Gasteiger partial charge in [0.15, 0.2) is 5.78 Å². The molecule has 0 amide bonds. The van der Waals surface area contributed by atoms with Crippen molar-refractivity contribution in [2.75, 3.05) is 0 Å². The molecule has 2 rings (SSSR count). The van der Waals surface area contributed by atoms with E-state index in [9.17, 15) is 9.59 Å². The van der Waals surface area contributed by atoms with Gasteiger partial charge in [-0.05, 0) is 6.07 Å². The van der Waals surface area contributed by atoms with Crippen LogP contribution in [0.1, 0.15) is 26.4 Å². The molecular weight excluding hydrogens is 198 g/mol. The summed E-state index contributed by atoms with van der Waals surface area (Å²) in [7, 11) is 0. The molecule has 3 N–H and O–H groups in total. The van der Waals surface area contributed by atoms with Gasteiger partial charge in [-0.1, -0.05) is 0 Å². The number of hydrogen-bond acceptors (Lipinski definition) is 3. The lowest BCUT2D eigenvalue weighted by atomic mass is 10.1. The highest BCUT2D eigenvalue weighted by Gasteiger charge is 2.14. The summed E-state index contributed by atoms with van der Waals surface area (Å²) < 4.78 is 0. The van der Waals surface area contributed by atoms with Gasteiger partial charge in [0.25, 0.3) is 0 Å². The van der Waals surface area contributed by atoms with Crippen LogP contribution in [-0.2, 0) is 0 Å². The SMILES string of the molecule is O=C(c1cn[nH]c1)c1c[nH]c(C(=O)O)c1. The zero-order valence-corrected chi connectivity index (χ0v) is 7.52. The topological polar surface area (TPSA) is 98.8 Å². The number of aromatic amines is 2. The number of carboxylic acids is 1. The van der Waals surface area contributed by atoms with Crippen LogP contribution < -0.4 is 0 Å². The van der Waals surface area contributed by atoms with Crippen molar-refractivity contribution in [3.63, 3.8) is 0 Å². The van der Waals surface area contributed by atoms with Crippen molar-refractivity contribution >= 4 is 11.8 Å². The molecule has 2 aromatic rings. The Hall–Kier alpha value is -2.37. The van der Waals surface area contributed by atoms with Gasteiger partial charge in [0, 0.05) is 18.0 Å². The van der Waals surface area contributed by atoms with E-state index in [0.29, 0.717) is 11.1 Å². The van der Waals surface area contributed by atoms with Crippen LogP contribution in [0, 0.1) is 0 Å². The van der Waals surface area contributed by atoms with Gasteiger partial charge in [-0.3, -0.25) is 9.89 Å². The smallest absolute Gasteiger partial charge is 0.352 e. The van der Waals surface area contributed by atoms with Gasteiger partial charge in [-0.25, -0.2) is 4.79 Å². The average Bonchev–Trinajstić information content (AvgIpc) is 2.88. The Morgan fingerprint density at radius 1 is 1.27 bits per heavy atom. The Morgan fingerprint density at radius 2 is 2.07 bits per heavy atom. The molecule has 0 saturated heterocycles. The average molecular weight is 205 g/mol. The van der Waals surface area contributed by atoms with E-state index in [1.807, 2.05) is 0 Å². The highest BCUT2D eigenvalue weighted by Crippen LogP contribution is 2.09. The Kier molecular flexibility index (Phi) is 2.09. The first-order valence-corrected chi connectivity index (χ1v) is 4.13. The van der Waals surface area contributed by atoms with Gasteiger partial charge in [-0.2, -0.15) is 5.10 Å². The molecule has 0 aromatic carbocycles. The quantitative estimate of drug-likeness (QED) is 0.641. The monoisotopic (exact) mass is 205 g/mol. The molecule has 0 aliphatic heterocycles. The molecule has 0 radical (unpaired) electrons. The van der Waals surface area contributed by atoms with Gasteiger partial charge >= 0.3 is 5.97 Å². The fourth-order valence-corrected chi connectivity index (χ4v) is 1.19. The first-order chi connectivity index (χ1) is 7.18. The fraction of sp³-hybridized carbons (Fsp3) is 0. The minimum absolute atomic E-state index is 0.0122. The van der Waals surface area contributed by atoms with E-state index in [2.05, 4.69) is 15.2 Å². The number of aromatic nitrogens is 3. The molecule has 6 nitrogen and oxygen atoms in total. The molecule has 0 fully saturated rings. The van der Waals surface area contributed by atoms with Gasteiger partial charge in [0.2, 0.25) is 0 Å². The number of rotatable bonds is 3. The van der Waals surface area contributed by atoms with E-state index in [0.717, 1.165) is 0 Å². The number of H-pyrrole nitrogens is 2. The number of carboxylic acid groups (broad SMARTS) is 1. The van der Waals surface area contributed by atoms with Crippen molar-refractivity contribution in [3.8, 4) is 0 Å². The first-order valence-electron chi connectivity index (χ1n) is 4.13. The van der Waals surface area contributed by atoms with E-state index >= 15 is 0 Å².